The van der Waals surface area contributed by atoms with Crippen LogP contribution < -0.4 is 0 Å². The third-order valence-electron chi connectivity index (χ3n) is 15.6. The highest BCUT2D eigenvalue weighted by atomic mass is 16.8. The Labute approximate surface area is 487 Å². The molecule has 26 nitrogen and oxygen atoms in total. The van der Waals surface area contributed by atoms with Crippen molar-refractivity contribution in [2.75, 3.05) is 26.4 Å². The number of aryl methyl sites for hydroxylation is 1. The second-order valence-corrected chi connectivity index (χ2v) is 22.7. The van der Waals surface area contributed by atoms with Crippen LogP contribution in [0, 0.1) is 11.3 Å². The van der Waals surface area contributed by atoms with Crippen LogP contribution >= 0.6 is 0 Å². The van der Waals surface area contributed by atoms with E-state index in [0.717, 1.165) is 101 Å². The Balaban J connectivity index is 1.38. The molecule has 3 heterocycles. The van der Waals surface area contributed by atoms with E-state index in [9.17, 15) is 47.9 Å². The van der Waals surface area contributed by atoms with E-state index in [-0.39, 0.29) is 17.9 Å². The molecule has 6 rings (SSSR count). The molecule has 1 aromatic carbocycles. The number of carbonyl (C=O) groups is 10. The lowest BCUT2D eigenvalue weighted by Gasteiger charge is -2.56. The SMILES string of the molecule is CC(=O)OC[C@H]1O[C@H](O[C@H]2[C@H](OC(C)=O)[C@@H](OC(C)=O)[C@H](OC[C@H]3O[C@@H](OC[C@]4(C)CCC[C@]5(C)c6ccc(C(C)C)cc6CC[C@@H]45)[C@H](OC(C)=O)[C@@H](OC(C)=O)[C@@H]3OC(C)=O)O[C@@H]2COC(C)=O)[C@H](OC(C)=O)[C@@H](OC(C)=O)[C@@H]1OC(C)=O. The van der Waals surface area contributed by atoms with Crippen LogP contribution in [0.15, 0.2) is 18.2 Å². The van der Waals surface area contributed by atoms with Crippen molar-refractivity contribution in [1.82, 2.24) is 0 Å². The summed E-state index contributed by atoms with van der Waals surface area (Å²) in [5.41, 5.74) is 3.17. The van der Waals surface area contributed by atoms with Gasteiger partial charge >= 0.3 is 59.7 Å². The Bertz CT molecular complexity index is 2580. The van der Waals surface area contributed by atoms with E-state index < -0.39 is 177 Å². The van der Waals surface area contributed by atoms with Gasteiger partial charge in [0.25, 0.3) is 0 Å². The zero-order chi connectivity index (χ0) is 62.1. The molecule has 1 aromatic rings. The molecule has 18 atom stereocenters. The van der Waals surface area contributed by atoms with Gasteiger partial charge in [-0.25, -0.2) is 0 Å². The summed E-state index contributed by atoms with van der Waals surface area (Å²) in [6.07, 6.45) is -21.1. The Morgan fingerprint density at radius 3 is 1.32 bits per heavy atom. The second kappa shape index (κ2) is 28.7. The molecule has 3 aliphatic heterocycles. The standard InChI is InChI=1S/C58H80O26/c1-27(2)38-16-18-40-39(22-38)17-19-44-57(13,20-15-21-58(40,44)14)26-72-55-52(79-36(11)67)48(75-32(7)63)46(74-31(6)62)43(82-55)25-71-54-51(78-35(10)66)50(77-34(9)65)47(42(81-54)24-70-29(4)60)84-56-53(80-37(12)68)49(76-33(8)64)45(73-30(5)61)41(83-56)23-69-28(3)59/h16,18,22,27,41-56H,15,17,19-21,23-26H2,1-14H3/t41-,42-,43-,44+,45-,46-,47-,48+,49+,50+,51-,52-,53-,54-,55-,56-,57+,58-/m1/s1. The number of ether oxygens (including phenoxy) is 16. The van der Waals surface area contributed by atoms with Crippen LogP contribution in [0.25, 0.3) is 0 Å². The number of hydrogen-bond donors (Lipinski definition) is 0. The van der Waals surface area contributed by atoms with Crippen LogP contribution in [0.5, 0.6) is 0 Å². The zero-order valence-electron chi connectivity index (χ0n) is 50.0. The van der Waals surface area contributed by atoms with E-state index in [2.05, 4.69) is 45.9 Å². The molecular weight excluding hydrogens is 1110 g/mol. The van der Waals surface area contributed by atoms with Crippen molar-refractivity contribution in [1.29, 1.82) is 0 Å². The van der Waals surface area contributed by atoms with Crippen molar-refractivity contribution in [2.45, 2.75) is 232 Å². The molecule has 84 heavy (non-hydrogen) atoms. The quantitative estimate of drug-likeness (QED) is 0.124. The smallest absolute Gasteiger partial charge is 0.303 e. The number of esters is 10. The number of carbonyl (C=O) groups excluding carboxylic acids is 10. The Morgan fingerprint density at radius 1 is 0.476 bits per heavy atom. The molecular formula is C58H80O26. The third kappa shape index (κ3) is 16.8. The summed E-state index contributed by atoms with van der Waals surface area (Å²) < 4.78 is 95.1. The first kappa shape index (κ1) is 66.8. The van der Waals surface area contributed by atoms with E-state index in [1.54, 1.807) is 0 Å². The molecule has 0 aromatic heterocycles. The van der Waals surface area contributed by atoms with E-state index >= 15 is 0 Å². The minimum absolute atomic E-state index is 0.0663. The molecule has 468 valence electrons. The first-order valence-electron chi connectivity index (χ1n) is 28.0. The van der Waals surface area contributed by atoms with Crippen LogP contribution in [0.4, 0.5) is 0 Å². The van der Waals surface area contributed by atoms with Crippen LogP contribution in [0.3, 0.4) is 0 Å². The molecule has 4 fully saturated rings. The maximum atomic E-state index is 13.2. The fourth-order valence-corrected chi connectivity index (χ4v) is 12.4. The van der Waals surface area contributed by atoms with Crippen LogP contribution in [0.2, 0.25) is 0 Å². The Morgan fingerprint density at radius 2 is 0.869 bits per heavy atom. The van der Waals surface area contributed by atoms with Crippen LogP contribution in [0.1, 0.15) is 145 Å². The molecule has 0 bridgehead atoms. The highest BCUT2D eigenvalue weighted by Crippen LogP contribution is 2.58. The van der Waals surface area contributed by atoms with Gasteiger partial charge < -0.3 is 75.8 Å². The van der Waals surface area contributed by atoms with Crippen LogP contribution in [-0.2, 0) is 136 Å². The number of fused-ring (bicyclic) bond motifs is 3. The lowest BCUT2D eigenvalue weighted by molar-refractivity contribution is -0.366. The number of hydrogen-bond acceptors (Lipinski definition) is 26. The molecule has 26 heteroatoms. The molecule has 0 N–H and O–H groups in total. The molecule has 0 spiro atoms. The first-order chi connectivity index (χ1) is 39.4. The van der Waals surface area contributed by atoms with Gasteiger partial charge in [0.1, 0.15) is 37.6 Å². The van der Waals surface area contributed by atoms with Gasteiger partial charge in [-0.1, -0.05) is 52.3 Å². The normalized spacial score (nSPS) is 33.5. The third-order valence-corrected chi connectivity index (χ3v) is 15.6. The zero-order valence-corrected chi connectivity index (χ0v) is 50.0. The second-order valence-electron chi connectivity index (χ2n) is 22.7. The van der Waals surface area contributed by atoms with Gasteiger partial charge in [0.2, 0.25) is 0 Å². The molecule has 3 saturated heterocycles. The van der Waals surface area contributed by atoms with Crippen molar-refractivity contribution in [3.05, 3.63) is 34.9 Å². The summed E-state index contributed by atoms with van der Waals surface area (Å²) in [6.45, 7) is 17.2. The fraction of sp³-hybridized carbons (Fsp3) is 0.724. The lowest BCUT2D eigenvalue weighted by atomic mass is 9.50. The summed E-state index contributed by atoms with van der Waals surface area (Å²) in [6, 6.07) is 6.75. The van der Waals surface area contributed by atoms with E-state index in [4.69, 9.17) is 75.8 Å². The summed E-state index contributed by atoms with van der Waals surface area (Å²) in [5.74, 6) is -8.61. The van der Waals surface area contributed by atoms with Gasteiger partial charge in [0.05, 0.1) is 13.2 Å². The topological polar surface area (TPSA) is 318 Å². The van der Waals surface area contributed by atoms with E-state index in [1.165, 1.54) is 16.7 Å². The maximum absolute atomic E-state index is 13.2. The van der Waals surface area contributed by atoms with Crippen LogP contribution in [-0.4, -0.2) is 178 Å². The Hall–Kier alpha value is -6.32. The average Bonchev–Trinajstić information content (AvgIpc) is 0.947. The Kier molecular flexibility index (Phi) is 22.8. The maximum Gasteiger partial charge on any atom is 0.303 e. The van der Waals surface area contributed by atoms with Crippen molar-refractivity contribution in [3.63, 3.8) is 0 Å². The lowest BCUT2D eigenvalue weighted by Crippen LogP contribution is -2.67. The highest BCUT2D eigenvalue weighted by Gasteiger charge is 2.60. The highest BCUT2D eigenvalue weighted by molar-refractivity contribution is 5.70. The predicted octanol–water partition coefficient (Wildman–Crippen LogP) is 3.99. The summed E-state index contributed by atoms with van der Waals surface area (Å²) in [4.78, 5) is 128. The molecule has 1 saturated carbocycles. The van der Waals surface area contributed by atoms with Gasteiger partial charge in [-0.2, -0.15) is 0 Å². The van der Waals surface area contributed by atoms with Gasteiger partial charge in [0.15, 0.2) is 67.7 Å². The molecule has 0 unspecified atom stereocenters. The first-order valence-corrected chi connectivity index (χ1v) is 28.0. The minimum atomic E-state index is -1.95. The minimum Gasteiger partial charge on any atom is -0.463 e. The van der Waals surface area contributed by atoms with Gasteiger partial charge in [-0.05, 0) is 65.0 Å². The summed E-state index contributed by atoms with van der Waals surface area (Å²) in [7, 11) is 0. The van der Waals surface area contributed by atoms with E-state index in [1.807, 2.05) is 0 Å². The van der Waals surface area contributed by atoms with Crippen molar-refractivity contribution in [3.8, 4) is 0 Å². The van der Waals surface area contributed by atoms with Crippen molar-refractivity contribution >= 4 is 59.7 Å². The van der Waals surface area contributed by atoms with Crippen molar-refractivity contribution < 1.29 is 124 Å². The van der Waals surface area contributed by atoms with Gasteiger partial charge in [-0.15, -0.1) is 0 Å². The largest absolute Gasteiger partial charge is 0.463 e. The summed E-state index contributed by atoms with van der Waals surface area (Å²) in [5, 5.41) is 0. The van der Waals surface area contributed by atoms with E-state index in [0.29, 0.717) is 5.92 Å². The van der Waals surface area contributed by atoms with Gasteiger partial charge in [0, 0.05) is 69.2 Å². The monoisotopic (exact) mass is 1190 g/mol. The van der Waals surface area contributed by atoms with Crippen molar-refractivity contribution in [2.24, 2.45) is 11.3 Å². The molecule has 0 radical (unpaired) electrons. The van der Waals surface area contributed by atoms with Gasteiger partial charge in [-0.3, -0.25) is 47.9 Å². The number of rotatable bonds is 21. The average molecular weight is 1190 g/mol. The molecule has 5 aliphatic rings. The summed E-state index contributed by atoms with van der Waals surface area (Å²) >= 11 is 0. The molecule has 0 amide bonds. The number of benzene rings is 1. The molecule has 2 aliphatic carbocycles. The predicted molar refractivity (Wildman–Crippen MR) is 282 cm³/mol. The fourth-order valence-electron chi connectivity index (χ4n) is 12.4.